The Morgan fingerprint density at radius 2 is 1.64 bits per heavy atom. The molecule has 1 aliphatic carbocycles. The lowest BCUT2D eigenvalue weighted by Gasteiger charge is -2.23. The quantitative estimate of drug-likeness (QED) is 0.196. The van der Waals surface area contributed by atoms with Crippen LogP contribution in [0.15, 0.2) is 41.5 Å². The number of carbonyl (C=O) groups is 1. The average Bonchev–Trinajstić information content (AvgIpc) is 2.84. The summed E-state index contributed by atoms with van der Waals surface area (Å²) in [6, 6.07) is 10.5. The van der Waals surface area contributed by atoms with Gasteiger partial charge in [-0.2, -0.15) is 5.10 Å². The highest BCUT2D eigenvalue weighted by Gasteiger charge is 2.18. The van der Waals surface area contributed by atoms with Crippen LogP contribution in [0.1, 0.15) is 48.0 Å². The van der Waals surface area contributed by atoms with Gasteiger partial charge in [-0.3, -0.25) is 5.43 Å². The number of methoxy groups -OCH3 is 3. The first-order valence-corrected chi connectivity index (χ1v) is 11.2. The number of carbonyl (C=O) groups excluding carboxylic acids is 1. The summed E-state index contributed by atoms with van der Waals surface area (Å²) in [5.41, 5.74) is 3.95. The molecule has 0 spiro atoms. The van der Waals surface area contributed by atoms with Crippen LogP contribution >= 0.6 is 12.2 Å². The smallest absolute Gasteiger partial charge is 0.343 e. The minimum atomic E-state index is -0.545. The molecule has 2 N–H and O–H groups in total. The Morgan fingerprint density at radius 3 is 2.21 bits per heavy atom. The lowest BCUT2D eigenvalue weighted by Crippen LogP contribution is -2.40. The largest absolute Gasteiger partial charge is 0.493 e. The molecule has 1 fully saturated rings. The Hall–Kier alpha value is -3.33. The normalized spacial score (nSPS) is 13.9. The minimum absolute atomic E-state index is 0.276. The minimum Gasteiger partial charge on any atom is -0.493 e. The van der Waals surface area contributed by atoms with Crippen molar-refractivity contribution in [2.45, 2.75) is 38.1 Å². The van der Waals surface area contributed by atoms with Gasteiger partial charge >= 0.3 is 5.97 Å². The van der Waals surface area contributed by atoms with E-state index in [9.17, 15) is 4.79 Å². The molecule has 9 heteroatoms. The van der Waals surface area contributed by atoms with E-state index in [1.165, 1.54) is 40.6 Å². The Balaban J connectivity index is 1.56. The first kappa shape index (κ1) is 24.3. The Labute approximate surface area is 199 Å². The summed E-state index contributed by atoms with van der Waals surface area (Å²) < 4.78 is 21.3. The molecule has 0 bridgehead atoms. The van der Waals surface area contributed by atoms with E-state index in [1.807, 2.05) is 0 Å². The molecule has 0 amide bonds. The van der Waals surface area contributed by atoms with Gasteiger partial charge in [0.1, 0.15) is 5.75 Å². The van der Waals surface area contributed by atoms with Crippen LogP contribution in [0.2, 0.25) is 0 Å². The molecule has 0 unspecified atom stereocenters. The second-order valence-corrected chi connectivity index (χ2v) is 7.96. The zero-order valence-corrected chi connectivity index (χ0v) is 19.9. The third kappa shape index (κ3) is 6.82. The summed E-state index contributed by atoms with van der Waals surface area (Å²) >= 11 is 5.30. The van der Waals surface area contributed by atoms with Crippen LogP contribution in [-0.4, -0.2) is 44.7 Å². The summed E-state index contributed by atoms with van der Waals surface area (Å²) in [4.78, 5) is 12.6. The Bertz CT molecular complexity index is 963. The van der Waals surface area contributed by atoms with E-state index in [0.717, 1.165) is 18.4 Å². The SMILES string of the molecule is COc1cc(C(=O)Oc2ccc(/C=N/NC(=S)NC3CCCCC3)cc2)cc(OC)c1OC. The van der Waals surface area contributed by atoms with Crippen molar-refractivity contribution in [1.82, 2.24) is 10.7 Å². The van der Waals surface area contributed by atoms with Gasteiger partial charge < -0.3 is 24.3 Å². The highest BCUT2D eigenvalue weighted by molar-refractivity contribution is 7.80. The highest BCUT2D eigenvalue weighted by Crippen LogP contribution is 2.38. The molecule has 1 aliphatic rings. The van der Waals surface area contributed by atoms with Crippen molar-refractivity contribution in [3.63, 3.8) is 0 Å². The fourth-order valence-corrected chi connectivity index (χ4v) is 3.84. The van der Waals surface area contributed by atoms with Crippen molar-refractivity contribution in [2.75, 3.05) is 21.3 Å². The number of nitrogens with one attached hydrogen (secondary N) is 2. The molecule has 176 valence electrons. The van der Waals surface area contributed by atoms with Gasteiger partial charge in [-0.1, -0.05) is 19.3 Å². The molecular formula is C24H29N3O5S. The maximum Gasteiger partial charge on any atom is 0.343 e. The zero-order valence-electron chi connectivity index (χ0n) is 19.1. The van der Waals surface area contributed by atoms with Crippen LogP contribution in [0, 0.1) is 0 Å². The summed E-state index contributed by atoms with van der Waals surface area (Å²) in [5, 5.41) is 7.99. The molecule has 1 saturated carbocycles. The summed E-state index contributed by atoms with van der Waals surface area (Å²) in [6.45, 7) is 0. The molecule has 0 aliphatic heterocycles. The van der Waals surface area contributed by atoms with Crippen molar-refractivity contribution in [3.8, 4) is 23.0 Å². The number of thiocarbonyl (C=S) groups is 1. The highest BCUT2D eigenvalue weighted by atomic mass is 32.1. The number of hydrogen-bond acceptors (Lipinski definition) is 7. The summed E-state index contributed by atoms with van der Waals surface area (Å²) in [6.07, 6.45) is 7.70. The number of ether oxygens (including phenoxy) is 4. The lowest BCUT2D eigenvalue weighted by molar-refractivity contribution is 0.0734. The van der Waals surface area contributed by atoms with E-state index in [4.69, 9.17) is 31.2 Å². The van der Waals surface area contributed by atoms with Gasteiger partial charge in [-0.25, -0.2) is 4.79 Å². The number of benzene rings is 2. The topological polar surface area (TPSA) is 90.4 Å². The van der Waals surface area contributed by atoms with Gasteiger partial charge in [0.2, 0.25) is 5.75 Å². The predicted molar refractivity (Wildman–Crippen MR) is 131 cm³/mol. The molecule has 0 heterocycles. The molecule has 33 heavy (non-hydrogen) atoms. The Kier molecular flexibility index (Phi) is 8.88. The van der Waals surface area contributed by atoms with Crippen molar-refractivity contribution in [3.05, 3.63) is 47.5 Å². The number of rotatable bonds is 8. The van der Waals surface area contributed by atoms with Crippen LogP contribution in [0.5, 0.6) is 23.0 Å². The molecular weight excluding hydrogens is 442 g/mol. The van der Waals surface area contributed by atoms with Crippen LogP contribution in [0.25, 0.3) is 0 Å². The fourth-order valence-electron chi connectivity index (χ4n) is 3.62. The second kappa shape index (κ2) is 12.1. The van der Waals surface area contributed by atoms with E-state index in [2.05, 4.69) is 15.8 Å². The third-order valence-corrected chi connectivity index (χ3v) is 5.52. The van der Waals surface area contributed by atoms with Crippen molar-refractivity contribution in [2.24, 2.45) is 5.10 Å². The zero-order chi connectivity index (χ0) is 23.6. The molecule has 2 aromatic rings. The number of hydrazone groups is 1. The van der Waals surface area contributed by atoms with Crippen LogP contribution in [0.4, 0.5) is 0 Å². The first-order valence-electron chi connectivity index (χ1n) is 10.8. The summed E-state index contributed by atoms with van der Waals surface area (Å²) in [5.74, 6) is 1.00. The van der Waals surface area contributed by atoms with Gasteiger partial charge in [-0.15, -0.1) is 0 Å². The van der Waals surface area contributed by atoms with Crippen molar-refractivity contribution in [1.29, 1.82) is 0 Å². The molecule has 0 aromatic heterocycles. The van der Waals surface area contributed by atoms with E-state index < -0.39 is 5.97 Å². The number of esters is 1. The van der Waals surface area contributed by atoms with Crippen molar-refractivity contribution >= 4 is 29.5 Å². The van der Waals surface area contributed by atoms with E-state index in [1.54, 1.807) is 42.6 Å². The fraction of sp³-hybridized carbons (Fsp3) is 0.375. The van der Waals surface area contributed by atoms with E-state index in [0.29, 0.717) is 34.2 Å². The monoisotopic (exact) mass is 471 g/mol. The molecule has 0 saturated heterocycles. The molecule has 3 rings (SSSR count). The molecule has 8 nitrogen and oxygen atoms in total. The standard InChI is InChI=1S/C24H29N3O5S/c1-29-20-13-17(14-21(30-2)22(20)31-3)23(28)32-19-11-9-16(10-12-19)15-25-27-24(33)26-18-7-5-4-6-8-18/h9-15,18H,4-8H2,1-3H3,(H2,26,27,33)/b25-15+. The van der Waals surface area contributed by atoms with Gasteiger partial charge in [0, 0.05) is 6.04 Å². The maximum atomic E-state index is 12.6. The van der Waals surface area contributed by atoms with Crippen molar-refractivity contribution < 1.29 is 23.7 Å². The predicted octanol–water partition coefficient (Wildman–Crippen LogP) is 4.06. The van der Waals surface area contributed by atoms with E-state index in [-0.39, 0.29) is 5.56 Å². The van der Waals surface area contributed by atoms with Gasteiger partial charge in [-0.05, 0) is 67.0 Å². The maximum absolute atomic E-state index is 12.6. The average molecular weight is 472 g/mol. The van der Waals surface area contributed by atoms with Gasteiger partial charge in [0.25, 0.3) is 0 Å². The third-order valence-electron chi connectivity index (χ3n) is 5.31. The number of nitrogens with zero attached hydrogens (tertiary/aromatic N) is 1. The summed E-state index contributed by atoms with van der Waals surface area (Å²) in [7, 11) is 4.47. The lowest BCUT2D eigenvalue weighted by atomic mass is 9.96. The first-order chi connectivity index (χ1) is 16.0. The van der Waals surface area contributed by atoms with Gasteiger partial charge in [0.05, 0.1) is 33.1 Å². The van der Waals surface area contributed by atoms with Crippen LogP contribution in [0.3, 0.4) is 0 Å². The second-order valence-electron chi connectivity index (χ2n) is 7.55. The molecule has 0 atom stereocenters. The molecule has 2 aromatic carbocycles. The molecule has 0 radical (unpaired) electrons. The Morgan fingerprint density at radius 1 is 1.00 bits per heavy atom. The van der Waals surface area contributed by atoms with E-state index >= 15 is 0 Å². The number of hydrogen-bond donors (Lipinski definition) is 2. The van der Waals surface area contributed by atoms with Crippen LogP contribution < -0.4 is 29.7 Å². The van der Waals surface area contributed by atoms with Gasteiger partial charge in [0.15, 0.2) is 16.6 Å². The van der Waals surface area contributed by atoms with Crippen LogP contribution in [-0.2, 0) is 0 Å².